The number of hydrogen-bond donors (Lipinski definition) is 0. The van der Waals surface area contributed by atoms with Crippen LogP contribution in [0.25, 0.3) is 0 Å². The molecule has 0 bridgehead atoms. The van der Waals surface area contributed by atoms with Crippen LogP contribution in [0, 0.1) is 0 Å². The molecule has 0 spiro atoms. The maximum absolute atomic E-state index is 11.6. The van der Waals surface area contributed by atoms with E-state index in [2.05, 4.69) is 32.3 Å². The zero-order chi connectivity index (χ0) is 13.7. The Morgan fingerprint density at radius 2 is 2.05 bits per heavy atom. The first-order valence-corrected chi connectivity index (χ1v) is 6.10. The van der Waals surface area contributed by atoms with Gasteiger partial charge in [0.25, 0.3) is 0 Å². The Kier molecular flexibility index (Phi) is 4.22. The summed E-state index contributed by atoms with van der Waals surface area (Å²) < 4.78 is 4.98. The summed E-state index contributed by atoms with van der Waals surface area (Å²) in [6.45, 7) is 2.39. The van der Waals surface area contributed by atoms with E-state index in [0.29, 0.717) is 6.61 Å². The van der Waals surface area contributed by atoms with E-state index in [1.807, 2.05) is 0 Å². The number of hydrogen-bond acceptors (Lipinski definition) is 7. The van der Waals surface area contributed by atoms with Crippen molar-refractivity contribution in [3.05, 3.63) is 0 Å². The van der Waals surface area contributed by atoms with E-state index in [0.717, 1.165) is 25.7 Å². The van der Waals surface area contributed by atoms with Crippen molar-refractivity contribution in [2.24, 2.45) is 25.4 Å². The maximum atomic E-state index is 11.6. The molecule has 0 aromatic heterocycles. The molecule has 0 saturated carbocycles. The summed E-state index contributed by atoms with van der Waals surface area (Å²) in [5.41, 5.74) is -0.0421. The molecule has 19 heavy (non-hydrogen) atoms. The van der Waals surface area contributed by atoms with Crippen LogP contribution in [0.1, 0.15) is 32.6 Å². The average molecular weight is 263 g/mol. The number of aliphatic imine (C=N–C) groups is 2. The highest BCUT2D eigenvalue weighted by molar-refractivity contribution is 6.71. The third kappa shape index (κ3) is 3.15. The van der Waals surface area contributed by atoms with Crippen LogP contribution in [-0.2, 0) is 14.3 Å². The number of carbonyl (C=O) groups excluding carboxylic acids is 2. The Morgan fingerprint density at radius 3 is 2.84 bits per heavy atom. The molecule has 0 unspecified atom stereocenters. The first-order chi connectivity index (χ1) is 9.22. The number of amidine groups is 2. The molecule has 2 aliphatic heterocycles. The number of rotatable bonds is 6. The third-order valence-electron chi connectivity index (χ3n) is 2.53. The molecule has 0 aromatic rings. The molecule has 8 heteroatoms. The van der Waals surface area contributed by atoms with Crippen LogP contribution >= 0.6 is 0 Å². The zero-order valence-electron chi connectivity index (χ0n) is 10.5. The normalized spacial score (nSPS) is 16.7. The van der Waals surface area contributed by atoms with Crippen molar-refractivity contribution in [1.82, 2.24) is 0 Å². The molecular weight excluding hydrogens is 250 g/mol. The highest BCUT2D eigenvalue weighted by Crippen LogP contribution is 2.08. The molecule has 0 N–H and O–H groups in total. The number of ether oxygens (including phenoxy) is 1. The summed E-state index contributed by atoms with van der Waals surface area (Å²) >= 11 is 0. The molecule has 100 valence electrons. The minimum atomic E-state index is -0.724. The standard InChI is InChI=1S/C11H13N5O3/c1-2-3-4-5-6-19-11(18)9-12-8-7(10(17)13-9)14-16-15-8/h2-6H2,1H3. The molecule has 2 rings (SSSR count). The molecule has 1 amide bonds. The number of esters is 1. The van der Waals surface area contributed by atoms with Gasteiger partial charge < -0.3 is 4.74 Å². The van der Waals surface area contributed by atoms with E-state index in [4.69, 9.17) is 4.74 Å². The number of fused-ring (bicyclic) bond motifs is 1. The summed E-state index contributed by atoms with van der Waals surface area (Å²) in [5, 5.41) is 10.3. The zero-order valence-corrected chi connectivity index (χ0v) is 10.5. The second-order valence-electron chi connectivity index (χ2n) is 4.01. The maximum Gasteiger partial charge on any atom is 0.376 e. The summed E-state index contributed by atoms with van der Waals surface area (Å²) in [5.74, 6) is -1.68. The quantitative estimate of drug-likeness (QED) is 0.532. The fraction of sp³-hybridized carbons (Fsp3) is 0.545. The highest BCUT2D eigenvalue weighted by atomic mass is 16.5. The molecule has 8 nitrogen and oxygen atoms in total. The highest BCUT2D eigenvalue weighted by Gasteiger charge is 2.30. The monoisotopic (exact) mass is 263 g/mol. The Labute approximate surface area is 109 Å². The van der Waals surface area contributed by atoms with Crippen LogP contribution in [0.5, 0.6) is 0 Å². The van der Waals surface area contributed by atoms with Crippen molar-refractivity contribution >= 4 is 29.3 Å². The summed E-state index contributed by atoms with van der Waals surface area (Å²) in [6, 6.07) is 0. The molecule has 0 aliphatic carbocycles. The van der Waals surface area contributed by atoms with Crippen LogP contribution in [0.4, 0.5) is 0 Å². The lowest BCUT2D eigenvalue weighted by molar-refractivity contribution is -0.136. The van der Waals surface area contributed by atoms with E-state index < -0.39 is 11.9 Å². The lowest BCUT2D eigenvalue weighted by Gasteiger charge is -2.06. The predicted octanol–water partition coefficient (Wildman–Crippen LogP) is 1.27. The van der Waals surface area contributed by atoms with Gasteiger partial charge in [0.1, 0.15) is 0 Å². The van der Waals surface area contributed by atoms with Crippen molar-refractivity contribution in [3.8, 4) is 0 Å². The van der Waals surface area contributed by atoms with Gasteiger partial charge in [-0.05, 0) is 11.6 Å². The molecule has 0 fully saturated rings. The van der Waals surface area contributed by atoms with Crippen LogP contribution in [-0.4, -0.2) is 35.9 Å². The molecule has 2 heterocycles. The second kappa shape index (κ2) is 6.07. The summed E-state index contributed by atoms with van der Waals surface area (Å²) in [7, 11) is 0. The Bertz CT molecular complexity index is 518. The fourth-order valence-electron chi connectivity index (χ4n) is 1.54. The minimum absolute atomic E-state index is 0.0120. The number of amides is 1. The van der Waals surface area contributed by atoms with Crippen LogP contribution in [0.3, 0.4) is 0 Å². The van der Waals surface area contributed by atoms with Gasteiger partial charge in [0.05, 0.1) is 6.61 Å². The molecule has 0 saturated heterocycles. The minimum Gasteiger partial charge on any atom is -0.460 e. The number of carbonyl (C=O) groups is 2. The SMILES string of the molecule is CCCCCCOC(=O)C1=NC(=O)C2=NN=NC2=N1. The average Bonchev–Trinajstić information content (AvgIpc) is 2.87. The van der Waals surface area contributed by atoms with E-state index in [1.54, 1.807) is 0 Å². The van der Waals surface area contributed by atoms with Crippen molar-refractivity contribution in [1.29, 1.82) is 0 Å². The lowest BCUT2D eigenvalue weighted by Crippen LogP contribution is -2.30. The van der Waals surface area contributed by atoms with Crippen molar-refractivity contribution < 1.29 is 14.3 Å². The molecule has 2 aliphatic rings. The van der Waals surface area contributed by atoms with Gasteiger partial charge in [-0.15, -0.1) is 10.2 Å². The van der Waals surface area contributed by atoms with Gasteiger partial charge in [-0.1, -0.05) is 26.2 Å². The number of nitrogens with zero attached hydrogens (tertiary/aromatic N) is 5. The molecule has 0 atom stereocenters. The van der Waals surface area contributed by atoms with E-state index >= 15 is 0 Å². The Morgan fingerprint density at radius 1 is 1.21 bits per heavy atom. The van der Waals surface area contributed by atoms with Gasteiger partial charge in [0.15, 0.2) is 0 Å². The van der Waals surface area contributed by atoms with Gasteiger partial charge in [-0.2, -0.15) is 9.98 Å². The first-order valence-electron chi connectivity index (χ1n) is 6.10. The van der Waals surface area contributed by atoms with Gasteiger partial charge >= 0.3 is 11.9 Å². The Balaban J connectivity index is 1.88. The van der Waals surface area contributed by atoms with Gasteiger partial charge in [0.2, 0.25) is 17.4 Å². The van der Waals surface area contributed by atoms with Crippen molar-refractivity contribution in [2.45, 2.75) is 32.6 Å². The van der Waals surface area contributed by atoms with Crippen molar-refractivity contribution in [3.63, 3.8) is 0 Å². The summed E-state index contributed by atoms with van der Waals surface area (Å²) in [6.07, 6.45) is 3.98. The van der Waals surface area contributed by atoms with Crippen LogP contribution < -0.4 is 0 Å². The second-order valence-corrected chi connectivity index (χ2v) is 4.01. The van der Waals surface area contributed by atoms with E-state index in [1.165, 1.54) is 0 Å². The fourth-order valence-corrected chi connectivity index (χ4v) is 1.54. The van der Waals surface area contributed by atoms with Crippen molar-refractivity contribution in [2.75, 3.05) is 6.61 Å². The largest absolute Gasteiger partial charge is 0.460 e. The Hall–Kier alpha value is -2.25. The molecule has 0 aromatic carbocycles. The first kappa shape index (κ1) is 13.2. The molecule has 0 radical (unpaired) electrons. The van der Waals surface area contributed by atoms with Crippen LogP contribution in [0.2, 0.25) is 0 Å². The van der Waals surface area contributed by atoms with E-state index in [9.17, 15) is 9.59 Å². The number of unbranched alkanes of at least 4 members (excludes halogenated alkanes) is 3. The smallest absolute Gasteiger partial charge is 0.376 e. The third-order valence-corrected chi connectivity index (χ3v) is 2.53. The topological polar surface area (TPSA) is 105 Å². The predicted molar refractivity (Wildman–Crippen MR) is 67.3 cm³/mol. The van der Waals surface area contributed by atoms with Gasteiger partial charge in [0, 0.05) is 0 Å². The lowest BCUT2D eigenvalue weighted by atomic mass is 10.2. The summed E-state index contributed by atoms with van der Waals surface area (Å²) in [4.78, 5) is 30.4. The van der Waals surface area contributed by atoms with Crippen LogP contribution in [0.15, 0.2) is 25.4 Å². The molecular formula is C11H13N5O3. The van der Waals surface area contributed by atoms with Gasteiger partial charge in [-0.3, -0.25) is 4.79 Å². The van der Waals surface area contributed by atoms with E-state index in [-0.39, 0.29) is 17.4 Å². The van der Waals surface area contributed by atoms with Gasteiger partial charge in [-0.25, -0.2) is 4.79 Å².